The largest absolute Gasteiger partial charge is 1.00 e. The van der Waals surface area contributed by atoms with Crippen LogP contribution >= 0.6 is 0 Å². The van der Waals surface area contributed by atoms with Crippen molar-refractivity contribution in [2.75, 3.05) is 5.73 Å². The van der Waals surface area contributed by atoms with E-state index in [9.17, 15) is 14.3 Å². The van der Waals surface area contributed by atoms with Crippen molar-refractivity contribution in [1.82, 2.24) is 0 Å². The molecule has 2 N–H and O–H groups in total. The van der Waals surface area contributed by atoms with E-state index in [1.807, 2.05) is 0 Å². The van der Waals surface area contributed by atoms with Crippen LogP contribution in [0.25, 0.3) is 0 Å². The van der Waals surface area contributed by atoms with Gasteiger partial charge in [-0.25, -0.2) is 4.39 Å². The van der Waals surface area contributed by atoms with Crippen LogP contribution in [-0.4, -0.2) is 5.97 Å². The number of hydrogen-bond donors (Lipinski definition) is 1. The number of nitrogen functional groups attached to an aromatic ring is 1. The van der Waals surface area contributed by atoms with Gasteiger partial charge in [-0.3, -0.25) is 0 Å². The maximum Gasteiger partial charge on any atom is 1.00 e. The van der Waals surface area contributed by atoms with E-state index in [2.05, 4.69) is 0 Å². The summed E-state index contributed by atoms with van der Waals surface area (Å²) in [4.78, 5) is 10.6. The average Bonchev–Trinajstić information content (AvgIpc) is 2.36. The maximum atomic E-state index is 13.4. The van der Waals surface area contributed by atoms with E-state index < -0.39 is 11.8 Å². The molecule has 0 saturated carbocycles. The Kier molecular flexibility index (Phi) is 6.01. The number of anilines is 1. The smallest absolute Gasteiger partial charge is 0.550 e. The van der Waals surface area contributed by atoms with Crippen LogP contribution in [0.1, 0.15) is 5.56 Å². The number of rotatable bonds is 4. The van der Waals surface area contributed by atoms with E-state index in [-0.39, 0.29) is 53.2 Å². The number of halogens is 1. The second-order valence-electron chi connectivity index (χ2n) is 3.91. The average molecular weight is 283 g/mol. The number of carboxylic acids is 1. The Labute approximate surface area is 137 Å². The summed E-state index contributed by atoms with van der Waals surface area (Å²) in [7, 11) is 0. The Morgan fingerprint density at radius 2 is 1.80 bits per heavy atom. The number of para-hydroxylation sites is 2. The van der Waals surface area contributed by atoms with Crippen LogP contribution in [-0.2, 0) is 11.2 Å². The number of carbonyl (C=O) groups is 1. The predicted octanol–water partition coefficient (Wildman–Crippen LogP) is -1.50. The Bertz CT molecular complexity index is 619. The minimum atomic E-state index is -1.24. The van der Waals surface area contributed by atoms with Crippen molar-refractivity contribution in [3.05, 3.63) is 53.8 Å². The number of carboxylic acid groups (broad SMARTS) is 1. The minimum Gasteiger partial charge on any atom is -0.550 e. The third-order valence-electron chi connectivity index (χ3n) is 2.55. The fraction of sp³-hybridized carbons (Fsp3) is 0.0714. The fourth-order valence-electron chi connectivity index (χ4n) is 1.63. The summed E-state index contributed by atoms with van der Waals surface area (Å²) in [5, 5.41) is 10.6. The van der Waals surface area contributed by atoms with Gasteiger partial charge in [-0.1, -0.05) is 24.3 Å². The molecule has 0 aliphatic carbocycles. The number of aliphatic carboxylic acids is 1. The standard InChI is InChI=1S/C14H12FNO3.Na/c15-10-5-1-2-6-11(10)19-12-7-3-4-9(14(12)16)8-13(17)18;/h1-7H,8,16H2,(H,17,18);/q;+1/p-1. The van der Waals surface area contributed by atoms with Gasteiger partial charge >= 0.3 is 29.6 Å². The third-order valence-corrected chi connectivity index (χ3v) is 2.55. The second kappa shape index (κ2) is 7.28. The zero-order valence-corrected chi connectivity index (χ0v) is 12.9. The number of ether oxygens (including phenoxy) is 1. The SMILES string of the molecule is Nc1c(CC(=O)[O-])cccc1Oc1ccccc1F.[Na+]. The quantitative estimate of drug-likeness (QED) is 0.547. The van der Waals surface area contributed by atoms with Crippen molar-refractivity contribution in [3.63, 3.8) is 0 Å². The number of carbonyl (C=O) groups excluding carboxylic acids is 1. The minimum absolute atomic E-state index is 0. The van der Waals surface area contributed by atoms with Crippen LogP contribution in [0.3, 0.4) is 0 Å². The van der Waals surface area contributed by atoms with E-state index in [1.165, 1.54) is 18.2 Å². The van der Waals surface area contributed by atoms with E-state index in [0.29, 0.717) is 5.56 Å². The summed E-state index contributed by atoms with van der Waals surface area (Å²) in [6.45, 7) is 0. The molecule has 20 heavy (non-hydrogen) atoms. The summed E-state index contributed by atoms with van der Waals surface area (Å²) in [5.41, 5.74) is 6.32. The van der Waals surface area contributed by atoms with Crippen molar-refractivity contribution in [3.8, 4) is 11.5 Å². The van der Waals surface area contributed by atoms with Crippen LogP contribution in [0, 0.1) is 5.82 Å². The number of hydrogen-bond acceptors (Lipinski definition) is 4. The summed E-state index contributed by atoms with van der Waals surface area (Å²) in [6.07, 6.45) is -0.319. The van der Waals surface area contributed by atoms with Gasteiger partial charge in [0.25, 0.3) is 0 Å². The third kappa shape index (κ3) is 3.96. The van der Waals surface area contributed by atoms with Crippen LogP contribution in [0.2, 0.25) is 0 Å². The maximum absolute atomic E-state index is 13.4. The summed E-state index contributed by atoms with van der Waals surface area (Å²) >= 11 is 0. The Hall–Kier alpha value is -1.56. The van der Waals surface area contributed by atoms with Gasteiger partial charge in [0, 0.05) is 12.4 Å². The molecule has 0 aliphatic heterocycles. The van der Waals surface area contributed by atoms with Crippen molar-refractivity contribution in [1.29, 1.82) is 0 Å². The molecule has 0 atom stereocenters. The molecule has 0 bridgehead atoms. The summed E-state index contributed by atoms with van der Waals surface area (Å²) in [5.74, 6) is -1.52. The molecule has 0 spiro atoms. The van der Waals surface area contributed by atoms with E-state index >= 15 is 0 Å². The first kappa shape index (κ1) is 16.5. The van der Waals surface area contributed by atoms with Crippen molar-refractivity contribution in [2.24, 2.45) is 0 Å². The van der Waals surface area contributed by atoms with Crippen molar-refractivity contribution >= 4 is 11.7 Å². The molecule has 0 amide bonds. The normalized spacial score (nSPS) is 9.65. The molecule has 6 heteroatoms. The van der Waals surface area contributed by atoms with E-state index in [4.69, 9.17) is 10.5 Å². The first-order chi connectivity index (χ1) is 9.08. The molecule has 0 saturated heterocycles. The van der Waals surface area contributed by atoms with Gasteiger partial charge in [-0.2, -0.15) is 0 Å². The molecular weight excluding hydrogens is 272 g/mol. The molecule has 98 valence electrons. The van der Waals surface area contributed by atoms with Gasteiger partial charge in [0.15, 0.2) is 17.3 Å². The Morgan fingerprint density at radius 3 is 2.45 bits per heavy atom. The first-order valence-corrected chi connectivity index (χ1v) is 5.57. The monoisotopic (exact) mass is 283 g/mol. The molecule has 2 rings (SSSR count). The second-order valence-corrected chi connectivity index (χ2v) is 3.91. The Morgan fingerprint density at radius 1 is 1.15 bits per heavy atom. The molecular formula is C14H11FNNaO3. The predicted molar refractivity (Wildman–Crippen MR) is 66.0 cm³/mol. The van der Waals surface area contributed by atoms with Crippen molar-refractivity contribution < 1.29 is 48.6 Å². The molecule has 0 heterocycles. The van der Waals surface area contributed by atoms with Gasteiger partial charge in [0.2, 0.25) is 0 Å². The zero-order valence-electron chi connectivity index (χ0n) is 10.9. The van der Waals surface area contributed by atoms with Crippen LogP contribution in [0.5, 0.6) is 11.5 Å². The van der Waals surface area contributed by atoms with Gasteiger partial charge in [-0.15, -0.1) is 0 Å². The molecule has 2 aromatic carbocycles. The molecule has 0 aromatic heterocycles. The van der Waals surface area contributed by atoms with Crippen molar-refractivity contribution in [2.45, 2.75) is 6.42 Å². The van der Waals surface area contributed by atoms with Crippen LogP contribution < -0.4 is 45.1 Å². The molecule has 2 aromatic rings. The van der Waals surface area contributed by atoms with Gasteiger partial charge in [0.05, 0.1) is 5.69 Å². The number of nitrogens with two attached hydrogens (primary N) is 1. The summed E-state index contributed by atoms with van der Waals surface area (Å²) in [6, 6.07) is 10.6. The first-order valence-electron chi connectivity index (χ1n) is 5.57. The summed E-state index contributed by atoms with van der Waals surface area (Å²) < 4.78 is 18.8. The Balaban J connectivity index is 0.00000200. The zero-order chi connectivity index (χ0) is 13.8. The molecule has 0 fully saturated rings. The molecule has 0 unspecified atom stereocenters. The molecule has 0 radical (unpaired) electrons. The van der Waals surface area contributed by atoms with Gasteiger partial charge in [-0.05, 0) is 23.8 Å². The van der Waals surface area contributed by atoms with Crippen LogP contribution in [0.4, 0.5) is 10.1 Å². The fourth-order valence-corrected chi connectivity index (χ4v) is 1.63. The van der Waals surface area contributed by atoms with Gasteiger partial charge < -0.3 is 20.4 Å². The number of benzene rings is 2. The van der Waals surface area contributed by atoms with E-state index in [0.717, 1.165) is 0 Å². The molecule has 0 aliphatic rings. The topological polar surface area (TPSA) is 75.4 Å². The molecule has 4 nitrogen and oxygen atoms in total. The van der Waals surface area contributed by atoms with Gasteiger partial charge in [0.1, 0.15) is 0 Å². The van der Waals surface area contributed by atoms with E-state index in [1.54, 1.807) is 24.3 Å². The van der Waals surface area contributed by atoms with Crippen LogP contribution in [0.15, 0.2) is 42.5 Å².